The van der Waals surface area contributed by atoms with E-state index >= 15 is 0 Å². The molecule has 242 valence electrons. The van der Waals surface area contributed by atoms with E-state index in [1.165, 1.54) is 77.0 Å². The van der Waals surface area contributed by atoms with Gasteiger partial charge in [-0.05, 0) is 101 Å². The lowest BCUT2D eigenvalue weighted by molar-refractivity contribution is 1.18. The van der Waals surface area contributed by atoms with Crippen LogP contribution in [0.4, 0.5) is 0 Å². The van der Waals surface area contributed by atoms with Crippen molar-refractivity contribution in [3.63, 3.8) is 0 Å². The second kappa shape index (κ2) is 12.7. The van der Waals surface area contributed by atoms with Gasteiger partial charge in [-0.3, -0.25) is 0 Å². The van der Waals surface area contributed by atoms with Gasteiger partial charge in [-0.25, -0.2) is 0 Å². The highest BCUT2D eigenvalue weighted by atomic mass is 15.0. The van der Waals surface area contributed by atoms with Gasteiger partial charge in [-0.15, -0.1) is 0 Å². The highest BCUT2D eigenvalue weighted by molar-refractivity contribution is 6.12. The first-order valence-electron chi connectivity index (χ1n) is 17.5. The van der Waals surface area contributed by atoms with E-state index in [1.807, 2.05) is 12.2 Å². The summed E-state index contributed by atoms with van der Waals surface area (Å²) in [7, 11) is 0. The fourth-order valence-corrected chi connectivity index (χ4v) is 7.58. The van der Waals surface area contributed by atoms with Gasteiger partial charge in [0.1, 0.15) is 0 Å². The number of rotatable bonds is 7. The van der Waals surface area contributed by atoms with Gasteiger partial charge in [0, 0.05) is 32.9 Å². The minimum Gasteiger partial charge on any atom is -0.309 e. The van der Waals surface area contributed by atoms with Crippen molar-refractivity contribution in [2.45, 2.75) is 6.92 Å². The summed E-state index contributed by atoms with van der Waals surface area (Å²) < 4.78 is 4.80. The second-order valence-corrected chi connectivity index (χ2v) is 13.1. The highest BCUT2D eigenvalue weighted by Crippen LogP contribution is 2.39. The van der Waals surface area contributed by atoms with Crippen LogP contribution < -0.4 is 0 Å². The molecule has 0 aliphatic carbocycles. The molecule has 0 aliphatic rings. The fourth-order valence-electron chi connectivity index (χ4n) is 7.58. The minimum absolute atomic E-state index is 1.15. The van der Waals surface area contributed by atoms with E-state index in [1.54, 1.807) is 6.08 Å². The maximum absolute atomic E-state index is 3.79. The summed E-state index contributed by atoms with van der Waals surface area (Å²) in [4.78, 5) is 0. The minimum atomic E-state index is 1.15. The Kier molecular flexibility index (Phi) is 7.56. The van der Waals surface area contributed by atoms with Gasteiger partial charge in [-0.2, -0.15) is 0 Å². The summed E-state index contributed by atoms with van der Waals surface area (Å²) in [5.74, 6) is 0. The summed E-state index contributed by atoms with van der Waals surface area (Å²) in [6, 6.07) is 59.6. The van der Waals surface area contributed by atoms with E-state index in [9.17, 15) is 0 Å². The molecule has 2 nitrogen and oxygen atoms in total. The molecular formula is C49H36N2. The first-order chi connectivity index (χ1) is 25.2. The number of fused-ring (bicyclic) bond motifs is 6. The van der Waals surface area contributed by atoms with Crippen LogP contribution >= 0.6 is 0 Å². The molecule has 51 heavy (non-hydrogen) atoms. The van der Waals surface area contributed by atoms with Crippen LogP contribution in [0.25, 0.3) is 82.8 Å². The molecule has 0 saturated heterocycles. The van der Waals surface area contributed by atoms with E-state index in [0.29, 0.717) is 0 Å². The quantitative estimate of drug-likeness (QED) is 0.152. The van der Waals surface area contributed by atoms with Crippen molar-refractivity contribution in [2.24, 2.45) is 0 Å². The Morgan fingerprint density at radius 1 is 0.431 bits per heavy atom. The van der Waals surface area contributed by atoms with Gasteiger partial charge in [0.2, 0.25) is 0 Å². The average Bonchev–Trinajstić information content (AvgIpc) is 3.70. The Hall–Kier alpha value is -6.64. The van der Waals surface area contributed by atoms with Crippen molar-refractivity contribution in [1.82, 2.24) is 9.13 Å². The summed E-state index contributed by atoms with van der Waals surface area (Å²) in [5, 5.41) is 4.99. The zero-order valence-electron chi connectivity index (χ0n) is 28.5. The lowest BCUT2D eigenvalue weighted by Gasteiger charge is -2.11. The van der Waals surface area contributed by atoms with Crippen molar-refractivity contribution in [3.05, 3.63) is 200 Å². The van der Waals surface area contributed by atoms with E-state index in [4.69, 9.17) is 0 Å². The van der Waals surface area contributed by atoms with E-state index < -0.39 is 0 Å². The monoisotopic (exact) mass is 652 g/mol. The second-order valence-electron chi connectivity index (χ2n) is 13.1. The Bertz CT molecular complexity index is 2820. The largest absolute Gasteiger partial charge is 0.309 e. The molecule has 0 aliphatic heterocycles. The Balaban J connectivity index is 1.18. The average molecular weight is 653 g/mol. The number of nitrogens with zero attached hydrogens (tertiary/aromatic N) is 2. The predicted octanol–water partition coefficient (Wildman–Crippen LogP) is 13.4. The molecule has 0 amide bonds. The van der Waals surface area contributed by atoms with Crippen LogP contribution in [-0.4, -0.2) is 9.13 Å². The summed E-state index contributed by atoms with van der Waals surface area (Å²) in [6.07, 6.45) is 7.93. The molecule has 0 fully saturated rings. The first-order valence-corrected chi connectivity index (χ1v) is 17.5. The molecule has 2 heterocycles. The molecular weight excluding hydrogens is 617 g/mol. The number of hydrogen-bond donors (Lipinski definition) is 0. The van der Waals surface area contributed by atoms with Crippen molar-refractivity contribution in [2.75, 3.05) is 0 Å². The lowest BCUT2D eigenvalue weighted by atomic mass is 10.0. The lowest BCUT2D eigenvalue weighted by Crippen LogP contribution is -1.95. The van der Waals surface area contributed by atoms with Crippen LogP contribution in [0, 0.1) is 0 Å². The van der Waals surface area contributed by atoms with Gasteiger partial charge < -0.3 is 9.13 Å². The van der Waals surface area contributed by atoms with Gasteiger partial charge in [0.25, 0.3) is 0 Å². The maximum Gasteiger partial charge on any atom is 0.0541 e. The topological polar surface area (TPSA) is 9.86 Å². The van der Waals surface area contributed by atoms with Gasteiger partial charge in [0.15, 0.2) is 0 Å². The number of allylic oxidation sites excluding steroid dienone is 5. The molecule has 9 rings (SSSR count). The highest BCUT2D eigenvalue weighted by Gasteiger charge is 2.16. The Morgan fingerprint density at radius 2 is 0.941 bits per heavy atom. The van der Waals surface area contributed by atoms with Crippen molar-refractivity contribution >= 4 is 49.2 Å². The molecule has 7 aromatic carbocycles. The molecule has 9 aromatic rings. The summed E-state index contributed by atoms with van der Waals surface area (Å²) in [5.41, 5.74) is 14.4. The van der Waals surface area contributed by atoms with Crippen LogP contribution in [0.1, 0.15) is 12.5 Å². The van der Waals surface area contributed by atoms with Gasteiger partial charge >= 0.3 is 0 Å². The third-order valence-corrected chi connectivity index (χ3v) is 10.0. The number of hydrogen-bond acceptors (Lipinski definition) is 0. The Labute approximate surface area is 298 Å². The Morgan fingerprint density at radius 3 is 1.57 bits per heavy atom. The van der Waals surface area contributed by atoms with Gasteiger partial charge in [-0.1, -0.05) is 134 Å². The van der Waals surface area contributed by atoms with Crippen molar-refractivity contribution in [1.29, 1.82) is 0 Å². The SMILES string of the molecule is C=C/C=C\C=C(/C)c1cccc(-n2c3ccccc3c3cc(-c4ccc5c(c4)c4ccccc4n5-c4cccc(-c5ccccc5)c4)ccc32)c1. The molecule has 0 spiro atoms. The van der Waals surface area contributed by atoms with Crippen LogP contribution in [0.15, 0.2) is 195 Å². The normalized spacial score (nSPS) is 12.1. The van der Waals surface area contributed by atoms with Crippen LogP contribution in [0.2, 0.25) is 0 Å². The van der Waals surface area contributed by atoms with Crippen LogP contribution in [-0.2, 0) is 0 Å². The first kappa shape index (κ1) is 30.4. The third kappa shape index (κ3) is 5.29. The van der Waals surface area contributed by atoms with Gasteiger partial charge in [0.05, 0.1) is 22.1 Å². The standard InChI is InChI=1S/C49H36N2/c1-3-4-6-15-34(2)36-18-13-20-40(30-36)50-46-24-11-9-22-42(46)44-32-38(26-28-48(44)50)39-27-29-49-45(33-39)43-23-10-12-25-47(43)51(49)41-21-14-19-37(31-41)35-16-7-5-8-17-35/h3-33H,1H2,2H3/b6-4-,34-15+. The van der Waals surface area contributed by atoms with Crippen molar-refractivity contribution < 1.29 is 0 Å². The molecule has 0 N–H and O–H groups in total. The number of para-hydroxylation sites is 2. The number of benzene rings is 7. The zero-order valence-corrected chi connectivity index (χ0v) is 28.5. The third-order valence-electron chi connectivity index (χ3n) is 10.0. The predicted molar refractivity (Wildman–Crippen MR) is 219 cm³/mol. The fraction of sp³-hybridized carbons (Fsp3) is 0.0204. The number of aromatic nitrogens is 2. The summed E-state index contributed by atoms with van der Waals surface area (Å²) >= 11 is 0. The van der Waals surface area contributed by atoms with Crippen LogP contribution in [0.3, 0.4) is 0 Å². The molecule has 0 atom stereocenters. The molecule has 0 unspecified atom stereocenters. The molecule has 2 heteroatoms. The maximum atomic E-state index is 3.79. The van der Waals surface area contributed by atoms with E-state index in [0.717, 1.165) is 11.4 Å². The molecule has 0 bridgehead atoms. The molecule has 0 radical (unpaired) electrons. The van der Waals surface area contributed by atoms with E-state index in [-0.39, 0.29) is 0 Å². The zero-order chi connectivity index (χ0) is 34.3. The molecule has 0 saturated carbocycles. The van der Waals surface area contributed by atoms with E-state index in [2.05, 4.69) is 193 Å². The smallest absolute Gasteiger partial charge is 0.0541 e. The van der Waals surface area contributed by atoms with Crippen LogP contribution in [0.5, 0.6) is 0 Å². The van der Waals surface area contributed by atoms with Crippen molar-refractivity contribution in [3.8, 4) is 33.6 Å². The molecule has 2 aromatic heterocycles. The summed E-state index contributed by atoms with van der Waals surface area (Å²) in [6.45, 7) is 5.94.